The van der Waals surface area contributed by atoms with Crippen molar-refractivity contribution in [2.75, 3.05) is 38.6 Å². The molecule has 1 aromatic carbocycles. The van der Waals surface area contributed by atoms with Crippen LogP contribution in [0, 0.1) is 23.2 Å². The van der Waals surface area contributed by atoms with E-state index in [4.69, 9.17) is 4.74 Å². The number of rotatable bonds is 6. The molecule has 1 aromatic rings. The van der Waals surface area contributed by atoms with Crippen molar-refractivity contribution >= 4 is 29.4 Å². The van der Waals surface area contributed by atoms with Crippen LogP contribution < -0.4 is 10.1 Å². The van der Waals surface area contributed by atoms with Gasteiger partial charge in [0.25, 0.3) is 0 Å². The van der Waals surface area contributed by atoms with Crippen LogP contribution in [0.15, 0.2) is 35.7 Å². The number of nitrogens with one attached hydrogen (secondary N) is 1. The summed E-state index contributed by atoms with van der Waals surface area (Å²) in [6.07, 6.45) is 9.98. The second kappa shape index (κ2) is 9.34. The van der Waals surface area contributed by atoms with Crippen molar-refractivity contribution in [2.45, 2.75) is 49.8 Å². The Morgan fingerprint density at radius 3 is 2.73 bits per heavy atom. The largest absolute Gasteiger partial charge is 0.495 e. The summed E-state index contributed by atoms with van der Waals surface area (Å²) in [6.45, 7) is 6.77. The van der Waals surface area contributed by atoms with Crippen molar-refractivity contribution in [2.24, 2.45) is 23.2 Å². The maximum atomic E-state index is 13.8. The Hall–Kier alpha value is -1.99. The number of anilines is 1. The van der Waals surface area contributed by atoms with E-state index < -0.39 is 0 Å². The Morgan fingerprint density at radius 2 is 1.97 bits per heavy atom. The van der Waals surface area contributed by atoms with Gasteiger partial charge in [0.15, 0.2) is 0 Å². The third-order valence-electron chi connectivity index (χ3n) is 8.32. The fourth-order valence-corrected chi connectivity index (χ4v) is 7.89. The van der Waals surface area contributed by atoms with Gasteiger partial charge in [0, 0.05) is 43.3 Å². The second-order valence-electron chi connectivity index (χ2n) is 10.3. The van der Waals surface area contributed by atoms with E-state index in [0.29, 0.717) is 11.6 Å². The van der Waals surface area contributed by atoms with Crippen molar-refractivity contribution in [1.82, 2.24) is 9.21 Å². The highest BCUT2D eigenvalue weighted by Gasteiger charge is 2.54. The Kier molecular flexibility index (Phi) is 6.45. The average Bonchev–Trinajstić information content (AvgIpc) is 3.05. The molecule has 3 bridgehead atoms. The number of benzene rings is 1. The standard InChI is InChI=1S/C26H35N3O3S/c1-3-24(30)27-21-6-7-23(22(15-21)32-2)33-29-11-9-28(10-12-29)25(31)26-8-4-5-19-13-18(16-26)14-20(19)17-26/h3,6-7,15,18-20H,1,4-5,8-14,16-17H2,2H3,(H,27,30). The monoisotopic (exact) mass is 469 g/mol. The van der Waals surface area contributed by atoms with Gasteiger partial charge < -0.3 is 15.0 Å². The zero-order valence-electron chi connectivity index (χ0n) is 19.6. The number of nitrogens with zero attached hydrogens (tertiary/aromatic N) is 2. The van der Waals surface area contributed by atoms with Crippen LogP contribution in [-0.2, 0) is 9.59 Å². The van der Waals surface area contributed by atoms with Crippen molar-refractivity contribution in [1.29, 1.82) is 0 Å². The molecule has 1 saturated heterocycles. The van der Waals surface area contributed by atoms with Gasteiger partial charge in [-0.05, 0) is 80.0 Å². The molecule has 0 spiro atoms. The fraction of sp³-hybridized carbons (Fsp3) is 0.615. The van der Waals surface area contributed by atoms with Crippen LogP contribution in [0.5, 0.6) is 5.75 Å². The molecule has 1 heterocycles. The molecule has 4 aliphatic rings. The molecule has 3 aliphatic carbocycles. The minimum Gasteiger partial charge on any atom is -0.495 e. The lowest BCUT2D eigenvalue weighted by atomic mass is 9.66. The molecule has 1 N–H and O–H groups in total. The van der Waals surface area contributed by atoms with Crippen LogP contribution >= 0.6 is 11.9 Å². The molecule has 5 rings (SSSR count). The van der Waals surface area contributed by atoms with Gasteiger partial charge in [0.1, 0.15) is 5.75 Å². The van der Waals surface area contributed by atoms with E-state index in [1.54, 1.807) is 19.1 Å². The van der Waals surface area contributed by atoms with Crippen molar-refractivity contribution in [3.05, 3.63) is 30.9 Å². The molecule has 4 unspecified atom stereocenters. The number of carbonyl (C=O) groups is 2. The lowest BCUT2D eigenvalue weighted by molar-refractivity contribution is -0.147. The van der Waals surface area contributed by atoms with E-state index in [1.165, 1.54) is 31.8 Å². The molecule has 4 atom stereocenters. The fourth-order valence-electron chi connectivity index (χ4n) is 6.90. The summed E-state index contributed by atoms with van der Waals surface area (Å²) in [4.78, 5) is 28.5. The van der Waals surface area contributed by atoms with Gasteiger partial charge in [-0.15, -0.1) is 0 Å². The van der Waals surface area contributed by atoms with Gasteiger partial charge in [-0.1, -0.05) is 19.4 Å². The molecular formula is C26H35N3O3S. The van der Waals surface area contributed by atoms with Crippen LogP contribution in [0.25, 0.3) is 0 Å². The van der Waals surface area contributed by atoms with Crippen molar-refractivity contribution in [3.63, 3.8) is 0 Å². The molecule has 33 heavy (non-hydrogen) atoms. The summed E-state index contributed by atoms with van der Waals surface area (Å²) >= 11 is 1.66. The minimum absolute atomic E-state index is 0.0664. The smallest absolute Gasteiger partial charge is 0.247 e. The first kappa shape index (κ1) is 22.8. The molecule has 1 aliphatic heterocycles. The topological polar surface area (TPSA) is 61.9 Å². The highest BCUT2D eigenvalue weighted by molar-refractivity contribution is 7.97. The molecule has 7 heteroatoms. The number of hydrogen-bond donors (Lipinski definition) is 1. The molecule has 4 fully saturated rings. The number of ether oxygens (including phenoxy) is 1. The van der Waals surface area contributed by atoms with E-state index in [9.17, 15) is 9.59 Å². The lowest BCUT2D eigenvalue weighted by Crippen LogP contribution is -2.53. The van der Waals surface area contributed by atoms with Gasteiger partial charge in [0.2, 0.25) is 11.8 Å². The summed E-state index contributed by atoms with van der Waals surface area (Å²) in [5, 5.41) is 2.77. The molecule has 0 aromatic heterocycles. The van der Waals surface area contributed by atoms with E-state index in [0.717, 1.165) is 73.8 Å². The summed E-state index contributed by atoms with van der Waals surface area (Å²) in [5.74, 6) is 3.43. The number of amides is 2. The predicted octanol–water partition coefficient (Wildman–Crippen LogP) is 4.58. The van der Waals surface area contributed by atoms with Crippen LogP contribution in [0.3, 0.4) is 0 Å². The van der Waals surface area contributed by atoms with Gasteiger partial charge in [-0.3, -0.25) is 9.59 Å². The minimum atomic E-state index is -0.243. The zero-order valence-corrected chi connectivity index (χ0v) is 20.4. The third kappa shape index (κ3) is 4.54. The first-order valence-corrected chi connectivity index (χ1v) is 13.1. The number of hydrogen-bond acceptors (Lipinski definition) is 5. The summed E-state index contributed by atoms with van der Waals surface area (Å²) < 4.78 is 7.88. The number of piperazine rings is 1. The second-order valence-corrected chi connectivity index (χ2v) is 11.4. The average molecular weight is 470 g/mol. The van der Waals surface area contributed by atoms with E-state index >= 15 is 0 Å². The Labute approximate surface area is 201 Å². The number of methoxy groups -OCH3 is 1. The highest BCUT2D eigenvalue weighted by atomic mass is 32.2. The molecule has 3 saturated carbocycles. The first-order chi connectivity index (χ1) is 16.0. The van der Waals surface area contributed by atoms with Gasteiger partial charge >= 0.3 is 0 Å². The predicted molar refractivity (Wildman–Crippen MR) is 131 cm³/mol. The SMILES string of the molecule is C=CC(=O)Nc1ccc(SN2CCN(C(=O)C34CCCC5CC(CC5C3)C4)CC2)c(OC)c1. The normalized spacial score (nSPS) is 31.2. The van der Waals surface area contributed by atoms with Crippen LogP contribution in [0.4, 0.5) is 5.69 Å². The van der Waals surface area contributed by atoms with Gasteiger partial charge in [0.05, 0.1) is 12.0 Å². The Bertz CT molecular complexity index is 929. The summed E-state index contributed by atoms with van der Waals surface area (Å²) in [6, 6.07) is 5.68. The van der Waals surface area contributed by atoms with Crippen LogP contribution in [-0.4, -0.2) is 54.3 Å². The molecular weight excluding hydrogens is 434 g/mol. The quantitative estimate of drug-likeness (QED) is 0.488. The molecule has 6 nitrogen and oxygen atoms in total. The van der Waals surface area contributed by atoms with E-state index in [2.05, 4.69) is 21.1 Å². The Morgan fingerprint density at radius 1 is 1.18 bits per heavy atom. The highest BCUT2D eigenvalue weighted by Crippen LogP contribution is 2.59. The third-order valence-corrected chi connectivity index (χ3v) is 9.48. The number of carbonyl (C=O) groups excluding carboxylic acids is 2. The summed E-state index contributed by atoms with van der Waals surface area (Å²) in [5.41, 5.74) is 0.617. The first-order valence-electron chi connectivity index (χ1n) is 12.3. The summed E-state index contributed by atoms with van der Waals surface area (Å²) in [7, 11) is 1.64. The molecule has 178 valence electrons. The van der Waals surface area contributed by atoms with E-state index in [1.807, 2.05) is 18.2 Å². The van der Waals surface area contributed by atoms with Gasteiger partial charge in [-0.2, -0.15) is 0 Å². The van der Waals surface area contributed by atoms with Crippen LogP contribution in [0.1, 0.15) is 44.9 Å². The maximum absolute atomic E-state index is 13.8. The molecule has 0 radical (unpaired) electrons. The van der Waals surface area contributed by atoms with Gasteiger partial charge in [-0.25, -0.2) is 4.31 Å². The molecule has 2 amide bonds. The van der Waals surface area contributed by atoms with Crippen molar-refractivity contribution < 1.29 is 14.3 Å². The number of fused-ring (bicyclic) bond motifs is 2. The lowest BCUT2D eigenvalue weighted by Gasteiger charge is -2.44. The maximum Gasteiger partial charge on any atom is 0.247 e. The zero-order chi connectivity index (χ0) is 23.0. The van der Waals surface area contributed by atoms with Crippen LogP contribution in [0.2, 0.25) is 0 Å². The Balaban J connectivity index is 1.20. The van der Waals surface area contributed by atoms with Crippen molar-refractivity contribution in [3.8, 4) is 5.75 Å². The van der Waals surface area contributed by atoms with E-state index in [-0.39, 0.29) is 11.3 Å².